The molecule has 30 heavy (non-hydrogen) atoms. The molecule has 6 nitrogen and oxygen atoms in total. The zero-order chi connectivity index (χ0) is 22.0. The van der Waals surface area contributed by atoms with Gasteiger partial charge in [0.2, 0.25) is 5.91 Å². The van der Waals surface area contributed by atoms with Gasteiger partial charge in [-0.05, 0) is 43.2 Å². The topological polar surface area (TPSA) is 101 Å². The van der Waals surface area contributed by atoms with Gasteiger partial charge in [0.15, 0.2) is 0 Å². The first-order valence-corrected chi connectivity index (χ1v) is 9.58. The maximum absolute atomic E-state index is 12.6. The molecule has 0 bridgehead atoms. The first-order valence-electron chi connectivity index (χ1n) is 9.58. The minimum atomic E-state index is -0.313. The molecule has 154 valence electrons. The molecular formula is C24H26N4O2. The van der Waals surface area contributed by atoms with E-state index in [-0.39, 0.29) is 24.1 Å². The minimum absolute atomic E-state index is 0.0303. The summed E-state index contributed by atoms with van der Waals surface area (Å²) in [6.45, 7) is 7.89. The van der Waals surface area contributed by atoms with Crippen molar-refractivity contribution in [1.29, 1.82) is 0 Å². The summed E-state index contributed by atoms with van der Waals surface area (Å²) in [6.07, 6.45) is 3.23. The Morgan fingerprint density at radius 1 is 1.10 bits per heavy atom. The van der Waals surface area contributed by atoms with Crippen LogP contribution in [-0.4, -0.2) is 23.8 Å². The Bertz CT molecular complexity index is 1090. The molecule has 1 aliphatic heterocycles. The van der Waals surface area contributed by atoms with E-state index in [0.29, 0.717) is 22.5 Å². The average molecular weight is 402 g/mol. The Labute approximate surface area is 176 Å². The van der Waals surface area contributed by atoms with E-state index < -0.39 is 0 Å². The normalized spacial score (nSPS) is 14.2. The highest BCUT2D eigenvalue weighted by molar-refractivity contribution is 6.10. The summed E-state index contributed by atoms with van der Waals surface area (Å²) in [4.78, 5) is 26.6. The fraction of sp³-hybridized carbons (Fsp3) is 0.167. The Kier molecular flexibility index (Phi) is 5.78. The predicted octanol–water partition coefficient (Wildman–Crippen LogP) is 2.82. The highest BCUT2D eigenvalue weighted by atomic mass is 16.2. The molecule has 0 aromatic heterocycles. The number of rotatable bonds is 5. The Balaban J connectivity index is 1.73. The molecule has 6 heteroatoms. The Morgan fingerprint density at radius 3 is 2.43 bits per heavy atom. The molecule has 0 unspecified atom stereocenters. The van der Waals surface area contributed by atoms with Crippen molar-refractivity contribution >= 4 is 23.2 Å². The molecule has 0 radical (unpaired) electrons. The van der Waals surface area contributed by atoms with E-state index in [1.165, 1.54) is 4.90 Å². The van der Waals surface area contributed by atoms with Gasteiger partial charge in [-0.3, -0.25) is 9.59 Å². The lowest BCUT2D eigenvalue weighted by Gasteiger charge is -2.10. The predicted molar refractivity (Wildman–Crippen MR) is 120 cm³/mol. The minimum Gasteiger partial charge on any atom is -0.398 e. The molecule has 1 aliphatic rings. The van der Waals surface area contributed by atoms with E-state index in [1.54, 1.807) is 19.2 Å². The van der Waals surface area contributed by atoms with E-state index >= 15 is 0 Å². The standard InChI is InChI=1S/C24H26N4O2/c1-14-5-7-17(8-6-14)20(25)9-10-21(26)27-22(29)13-18-11-15(2)12-19-16(3)28(4)24(30)23(18)19/h5-12H,3,13,25-26H2,1-2,4H3,(H,27,29)/b20-9-,21-10+. The summed E-state index contributed by atoms with van der Waals surface area (Å²) in [6, 6.07) is 11.5. The van der Waals surface area contributed by atoms with Crippen LogP contribution < -0.4 is 16.8 Å². The summed E-state index contributed by atoms with van der Waals surface area (Å²) in [7, 11) is 1.68. The fourth-order valence-corrected chi connectivity index (χ4v) is 3.39. The second-order valence-corrected chi connectivity index (χ2v) is 7.49. The number of hydrogen-bond donors (Lipinski definition) is 3. The molecule has 5 N–H and O–H groups in total. The van der Waals surface area contributed by atoms with Gasteiger partial charge in [-0.15, -0.1) is 0 Å². The van der Waals surface area contributed by atoms with Crippen LogP contribution in [0.25, 0.3) is 11.4 Å². The largest absolute Gasteiger partial charge is 0.398 e. The van der Waals surface area contributed by atoms with Gasteiger partial charge >= 0.3 is 0 Å². The molecule has 0 atom stereocenters. The number of carbonyl (C=O) groups is 2. The maximum Gasteiger partial charge on any atom is 0.258 e. The fourth-order valence-electron chi connectivity index (χ4n) is 3.39. The highest BCUT2D eigenvalue weighted by Gasteiger charge is 2.31. The highest BCUT2D eigenvalue weighted by Crippen LogP contribution is 2.33. The van der Waals surface area contributed by atoms with Crippen LogP contribution in [0.15, 0.2) is 61.0 Å². The van der Waals surface area contributed by atoms with Gasteiger partial charge in [-0.25, -0.2) is 0 Å². The van der Waals surface area contributed by atoms with Crippen molar-refractivity contribution in [2.75, 3.05) is 7.05 Å². The number of fused-ring (bicyclic) bond motifs is 1. The molecule has 0 aliphatic carbocycles. The average Bonchev–Trinajstić information content (AvgIpc) is 2.90. The number of hydrogen-bond acceptors (Lipinski definition) is 4. The van der Waals surface area contributed by atoms with Crippen molar-refractivity contribution in [2.45, 2.75) is 20.3 Å². The Morgan fingerprint density at radius 2 is 1.77 bits per heavy atom. The van der Waals surface area contributed by atoms with Crippen molar-refractivity contribution in [3.8, 4) is 0 Å². The number of amides is 2. The smallest absolute Gasteiger partial charge is 0.258 e. The van der Waals surface area contributed by atoms with Gasteiger partial charge in [0, 0.05) is 24.0 Å². The van der Waals surface area contributed by atoms with Gasteiger partial charge in [-0.2, -0.15) is 0 Å². The van der Waals surface area contributed by atoms with Crippen molar-refractivity contribution in [2.24, 2.45) is 11.5 Å². The Hall–Kier alpha value is -3.80. The van der Waals surface area contributed by atoms with Crippen LogP contribution >= 0.6 is 0 Å². The number of nitrogens with zero attached hydrogens (tertiary/aromatic N) is 1. The summed E-state index contributed by atoms with van der Waals surface area (Å²) in [5.74, 6) is -0.297. The second kappa shape index (κ2) is 8.29. The summed E-state index contributed by atoms with van der Waals surface area (Å²) in [5, 5.41) is 2.64. The van der Waals surface area contributed by atoms with Crippen LogP contribution in [0.3, 0.4) is 0 Å². The number of aryl methyl sites for hydroxylation is 2. The van der Waals surface area contributed by atoms with Crippen LogP contribution in [0.5, 0.6) is 0 Å². The lowest BCUT2D eigenvalue weighted by atomic mass is 9.96. The van der Waals surface area contributed by atoms with Crippen molar-refractivity contribution < 1.29 is 9.59 Å². The van der Waals surface area contributed by atoms with E-state index in [9.17, 15) is 9.59 Å². The maximum atomic E-state index is 12.6. The van der Waals surface area contributed by atoms with Crippen LogP contribution in [0, 0.1) is 13.8 Å². The first-order chi connectivity index (χ1) is 14.2. The zero-order valence-electron chi connectivity index (χ0n) is 17.5. The number of carbonyl (C=O) groups excluding carboxylic acids is 2. The molecule has 2 aromatic carbocycles. The van der Waals surface area contributed by atoms with Crippen LogP contribution in [0.4, 0.5) is 0 Å². The second-order valence-electron chi connectivity index (χ2n) is 7.49. The van der Waals surface area contributed by atoms with Crippen LogP contribution in [0.1, 0.15) is 38.2 Å². The van der Waals surface area contributed by atoms with Crippen LogP contribution in [0.2, 0.25) is 0 Å². The lowest BCUT2D eigenvalue weighted by molar-refractivity contribution is -0.119. The zero-order valence-corrected chi connectivity index (χ0v) is 17.5. The summed E-state index contributed by atoms with van der Waals surface area (Å²) in [5.41, 5.74) is 18.1. The summed E-state index contributed by atoms with van der Waals surface area (Å²) < 4.78 is 0. The number of allylic oxidation sites excluding steroid dienone is 2. The SMILES string of the molecule is C=C1c2cc(C)cc(CC(=O)N/C(N)=C/C=C(\N)c3ccc(C)cc3)c2C(=O)N1C. The van der Waals surface area contributed by atoms with Gasteiger partial charge in [-0.1, -0.05) is 48.0 Å². The molecule has 0 spiro atoms. The van der Waals surface area contributed by atoms with Crippen molar-refractivity contribution in [3.63, 3.8) is 0 Å². The van der Waals surface area contributed by atoms with E-state index in [4.69, 9.17) is 11.5 Å². The number of nitrogens with two attached hydrogens (primary N) is 2. The third-order valence-electron chi connectivity index (χ3n) is 5.06. The molecule has 0 saturated heterocycles. The number of benzene rings is 2. The lowest BCUT2D eigenvalue weighted by Crippen LogP contribution is -2.29. The molecular weight excluding hydrogens is 376 g/mol. The van der Waals surface area contributed by atoms with E-state index in [0.717, 1.165) is 22.3 Å². The van der Waals surface area contributed by atoms with Gasteiger partial charge < -0.3 is 21.7 Å². The summed E-state index contributed by atoms with van der Waals surface area (Å²) >= 11 is 0. The van der Waals surface area contributed by atoms with Gasteiger partial charge in [0.25, 0.3) is 5.91 Å². The molecule has 2 amide bonds. The molecule has 1 heterocycles. The number of nitrogens with one attached hydrogen (secondary N) is 1. The van der Waals surface area contributed by atoms with E-state index in [1.807, 2.05) is 50.2 Å². The molecule has 0 saturated carbocycles. The molecule has 2 aromatic rings. The molecule has 0 fully saturated rings. The van der Waals surface area contributed by atoms with Gasteiger partial charge in [0.05, 0.1) is 12.0 Å². The monoisotopic (exact) mass is 402 g/mol. The van der Waals surface area contributed by atoms with Gasteiger partial charge in [0.1, 0.15) is 5.82 Å². The van der Waals surface area contributed by atoms with Crippen molar-refractivity contribution in [1.82, 2.24) is 10.2 Å². The third kappa shape index (κ3) is 4.27. The van der Waals surface area contributed by atoms with E-state index in [2.05, 4.69) is 11.9 Å². The van der Waals surface area contributed by atoms with Crippen LogP contribution in [-0.2, 0) is 11.2 Å². The van der Waals surface area contributed by atoms with Crippen molar-refractivity contribution in [3.05, 3.63) is 94.3 Å². The quantitative estimate of drug-likeness (QED) is 0.669. The first kappa shape index (κ1) is 20.9. The molecule has 3 rings (SSSR count). The third-order valence-corrected chi connectivity index (χ3v) is 5.06.